The number of rotatable bonds is 3. The van der Waals surface area contributed by atoms with Crippen LogP contribution >= 0.6 is 28.3 Å². The highest BCUT2D eigenvalue weighted by atomic mass is 79.9. The van der Waals surface area contributed by atoms with E-state index in [0.717, 1.165) is 10.0 Å². The van der Waals surface area contributed by atoms with Crippen molar-refractivity contribution >= 4 is 40.2 Å². The number of nitrogens with two attached hydrogens (primary N) is 2. The Morgan fingerprint density at radius 3 is 2.18 bits per heavy atom. The molecule has 1 unspecified atom stereocenters. The average Bonchev–Trinajstić information content (AvgIpc) is 2.47. The molecular formula is C15H21BrClN3O2. The zero-order valence-electron chi connectivity index (χ0n) is 12.4. The molecule has 0 saturated carbocycles. The second kappa shape index (κ2) is 7.44. The zero-order valence-corrected chi connectivity index (χ0v) is 14.8. The summed E-state index contributed by atoms with van der Waals surface area (Å²) in [7, 11) is 0. The Bertz CT molecular complexity index is 540. The zero-order chi connectivity index (χ0) is 15.6. The Morgan fingerprint density at radius 2 is 1.73 bits per heavy atom. The van der Waals surface area contributed by atoms with Crippen molar-refractivity contribution in [3.63, 3.8) is 0 Å². The third-order valence-corrected chi connectivity index (χ3v) is 4.60. The smallest absolute Gasteiger partial charge is 0.246 e. The average molecular weight is 391 g/mol. The van der Waals surface area contributed by atoms with E-state index < -0.39 is 5.54 Å². The molecule has 22 heavy (non-hydrogen) atoms. The molecule has 4 N–H and O–H groups in total. The van der Waals surface area contributed by atoms with E-state index in [1.165, 1.54) is 0 Å². The number of likely N-dealkylation sites (tertiary alicyclic amines) is 1. The van der Waals surface area contributed by atoms with Gasteiger partial charge in [0.2, 0.25) is 11.8 Å². The fraction of sp³-hybridized carbons (Fsp3) is 0.467. The van der Waals surface area contributed by atoms with Crippen LogP contribution in [-0.2, 0) is 15.1 Å². The van der Waals surface area contributed by atoms with Crippen LogP contribution in [0.5, 0.6) is 0 Å². The molecule has 5 nitrogen and oxygen atoms in total. The van der Waals surface area contributed by atoms with E-state index in [1.54, 1.807) is 11.8 Å². The Hall–Kier alpha value is -1.11. The maximum atomic E-state index is 12.7. The van der Waals surface area contributed by atoms with E-state index in [-0.39, 0.29) is 30.1 Å². The summed E-state index contributed by atoms with van der Waals surface area (Å²) < 4.78 is 0.941. The van der Waals surface area contributed by atoms with Gasteiger partial charge < -0.3 is 16.4 Å². The number of hydrogen-bond acceptors (Lipinski definition) is 3. The summed E-state index contributed by atoms with van der Waals surface area (Å²) in [6.07, 6.45) is 1.22. The molecule has 0 spiro atoms. The van der Waals surface area contributed by atoms with E-state index >= 15 is 0 Å². The fourth-order valence-electron chi connectivity index (χ4n) is 2.62. The monoisotopic (exact) mass is 389 g/mol. The minimum Gasteiger partial charge on any atom is -0.369 e. The molecule has 1 aromatic rings. The van der Waals surface area contributed by atoms with E-state index in [2.05, 4.69) is 15.9 Å². The number of nitrogens with zero attached hydrogens (tertiary/aromatic N) is 1. The van der Waals surface area contributed by atoms with Crippen molar-refractivity contribution in [3.8, 4) is 0 Å². The molecule has 1 aliphatic rings. The van der Waals surface area contributed by atoms with Gasteiger partial charge >= 0.3 is 0 Å². The number of benzene rings is 1. The molecule has 0 bridgehead atoms. The van der Waals surface area contributed by atoms with Crippen molar-refractivity contribution in [2.75, 3.05) is 13.1 Å². The summed E-state index contributed by atoms with van der Waals surface area (Å²) >= 11 is 3.37. The van der Waals surface area contributed by atoms with Gasteiger partial charge in [0, 0.05) is 23.5 Å². The van der Waals surface area contributed by atoms with Crippen LogP contribution < -0.4 is 11.5 Å². The Kier molecular flexibility index (Phi) is 6.40. The van der Waals surface area contributed by atoms with Crippen LogP contribution in [0.25, 0.3) is 0 Å². The third-order valence-electron chi connectivity index (χ3n) is 4.07. The third kappa shape index (κ3) is 4.00. The van der Waals surface area contributed by atoms with Crippen molar-refractivity contribution in [1.82, 2.24) is 4.90 Å². The first kappa shape index (κ1) is 18.9. The van der Waals surface area contributed by atoms with E-state index in [4.69, 9.17) is 11.5 Å². The Balaban J connectivity index is 0.00000242. The largest absolute Gasteiger partial charge is 0.369 e. The van der Waals surface area contributed by atoms with Gasteiger partial charge in [0.15, 0.2) is 0 Å². The van der Waals surface area contributed by atoms with Gasteiger partial charge in [-0.3, -0.25) is 9.59 Å². The van der Waals surface area contributed by atoms with Gasteiger partial charge in [0.25, 0.3) is 0 Å². The molecule has 122 valence electrons. The van der Waals surface area contributed by atoms with Gasteiger partial charge in [0.05, 0.1) is 0 Å². The molecule has 0 aromatic heterocycles. The molecule has 7 heteroatoms. The summed E-state index contributed by atoms with van der Waals surface area (Å²) in [6.45, 7) is 2.77. The van der Waals surface area contributed by atoms with Gasteiger partial charge in [-0.25, -0.2) is 0 Å². The molecule has 0 radical (unpaired) electrons. The maximum Gasteiger partial charge on any atom is 0.246 e. The number of primary amides is 1. The van der Waals surface area contributed by atoms with Crippen molar-refractivity contribution in [2.45, 2.75) is 25.3 Å². The fourth-order valence-corrected chi connectivity index (χ4v) is 2.88. The highest BCUT2D eigenvalue weighted by molar-refractivity contribution is 9.10. The summed E-state index contributed by atoms with van der Waals surface area (Å²) in [5, 5.41) is 0. The summed E-state index contributed by atoms with van der Waals surface area (Å²) in [4.78, 5) is 25.5. The first-order valence-electron chi connectivity index (χ1n) is 6.96. The molecule has 1 saturated heterocycles. The number of amides is 2. The van der Waals surface area contributed by atoms with Crippen LogP contribution in [0.4, 0.5) is 0 Å². The Labute approximate surface area is 144 Å². The van der Waals surface area contributed by atoms with Gasteiger partial charge in [-0.2, -0.15) is 0 Å². The minimum atomic E-state index is -1.07. The highest BCUT2D eigenvalue weighted by Crippen LogP contribution is 2.25. The van der Waals surface area contributed by atoms with E-state index in [1.807, 2.05) is 24.3 Å². The van der Waals surface area contributed by atoms with Crippen molar-refractivity contribution < 1.29 is 9.59 Å². The second-order valence-electron chi connectivity index (χ2n) is 5.68. The predicted molar refractivity (Wildman–Crippen MR) is 91.4 cm³/mol. The van der Waals surface area contributed by atoms with Crippen LogP contribution in [-0.4, -0.2) is 29.8 Å². The topological polar surface area (TPSA) is 89.4 Å². The van der Waals surface area contributed by atoms with Crippen LogP contribution in [0.3, 0.4) is 0 Å². The van der Waals surface area contributed by atoms with Crippen LogP contribution in [0.2, 0.25) is 0 Å². The standard InChI is InChI=1S/C15H20BrN3O2.ClH/c1-15(18,11-2-4-12(16)5-3-11)14(21)19-8-6-10(7-9-19)13(17)20;/h2-5,10H,6-9,18H2,1H3,(H2,17,20);1H. The van der Waals surface area contributed by atoms with Crippen molar-refractivity contribution in [1.29, 1.82) is 0 Å². The number of carbonyl (C=O) groups excluding carboxylic acids is 2. The second-order valence-corrected chi connectivity index (χ2v) is 6.59. The lowest BCUT2D eigenvalue weighted by Gasteiger charge is -2.36. The Morgan fingerprint density at radius 1 is 1.23 bits per heavy atom. The van der Waals surface area contributed by atoms with Crippen molar-refractivity contribution in [2.24, 2.45) is 17.4 Å². The minimum absolute atomic E-state index is 0. The molecule has 1 aromatic carbocycles. The first-order valence-corrected chi connectivity index (χ1v) is 7.75. The molecule has 0 aliphatic carbocycles. The van der Waals surface area contributed by atoms with Gasteiger partial charge in [-0.15, -0.1) is 12.4 Å². The quantitative estimate of drug-likeness (QED) is 0.824. The highest BCUT2D eigenvalue weighted by Gasteiger charge is 2.36. The van der Waals surface area contributed by atoms with Crippen LogP contribution in [0.15, 0.2) is 28.7 Å². The lowest BCUT2D eigenvalue weighted by molar-refractivity contribution is -0.139. The molecular weight excluding hydrogens is 370 g/mol. The van der Waals surface area contributed by atoms with Gasteiger partial charge in [-0.05, 0) is 37.5 Å². The predicted octanol–water partition coefficient (Wildman–Crippen LogP) is 1.77. The van der Waals surface area contributed by atoms with Gasteiger partial charge in [0.1, 0.15) is 5.54 Å². The number of carbonyl (C=O) groups is 2. The summed E-state index contributed by atoms with van der Waals surface area (Å²) in [5.41, 5.74) is 11.3. The summed E-state index contributed by atoms with van der Waals surface area (Å²) in [5.74, 6) is -0.538. The van der Waals surface area contributed by atoms with Crippen molar-refractivity contribution in [3.05, 3.63) is 34.3 Å². The lowest BCUT2D eigenvalue weighted by Crippen LogP contribution is -2.53. The van der Waals surface area contributed by atoms with E-state index in [0.29, 0.717) is 25.9 Å². The maximum absolute atomic E-state index is 12.7. The summed E-state index contributed by atoms with van der Waals surface area (Å²) in [6, 6.07) is 7.43. The van der Waals surface area contributed by atoms with Crippen LogP contribution in [0, 0.1) is 5.92 Å². The lowest BCUT2D eigenvalue weighted by atomic mass is 9.89. The number of halogens is 2. The number of piperidine rings is 1. The van der Waals surface area contributed by atoms with Gasteiger partial charge in [-0.1, -0.05) is 28.1 Å². The van der Waals surface area contributed by atoms with Crippen LogP contribution in [0.1, 0.15) is 25.3 Å². The molecule has 1 fully saturated rings. The SMILES string of the molecule is CC(N)(C(=O)N1CCC(C(N)=O)CC1)c1ccc(Br)cc1.Cl. The molecule has 1 atom stereocenters. The molecule has 1 aliphatic heterocycles. The normalized spacial score (nSPS) is 18.2. The number of hydrogen-bond donors (Lipinski definition) is 2. The first-order chi connectivity index (χ1) is 9.82. The molecule has 2 rings (SSSR count). The molecule has 1 heterocycles. The molecule has 2 amide bonds. The van der Waals surface area contributed by atoms with E-state index in [9.17, 15) is 9.59 Å².